The number of nitrogens with one attached hydrogen (secondary N) is 2. The Morgan fingerprint density at radius 3 is 3.00 bits per heavy atom. The van der Waals surface area contributed by atoms with E-state index in [4.69, 9.17) is 5.73 Å². The number of hydrogen-bond acceptors (Lipinski definition) is 6. The number of hydrogen-bond donors (Lipinski definition) is 3. The van der Waals surface area contributed by atoms with Gasteiger partial charge in [-0.25, -0.2) is 15.0 Å². The summed E-state index contributed by atoms with van der Waals surface area (Å²) in [7, 11) is 0. The number of carbonyl (C=O) groups is 1. The van der Waals surface area contributed by atoms with Gasteiger partial charge in [-0.3, -0.25) is 4.79 Å². The van der Waals surface area contributed by atoms with Gasteiger partial charge in [-0.1, -0.05) is 23.9 Å². The van der Waals surface area contributed by atoms with Gasteiger partial charge < -0.3 is 16.0 Å². The van der Waals surface area contributed by atoms with Crippen LogP contribution in [0.3, 0.4) is 0 Å². The molecule has 0 aliphatic heterocycles. The SMILES string of the molecule is Nc1ccccc1NC(=O)CSc1ncnc2nc[nH]c12. The van der Waals surface area contributed by atoms with Crippen LogP contribution < -0.4 is 11.1 Å². The topological polar surface area (TPSA) is 110 Å². The maximum Gasteiger partial charge on any atom is 0.234 e. The molecule has 21 heavy (non-hydrogen) atoms. The predicted molar refractivity (Wildman–Crippen MR) is 81.9 cm³/mol. The van der Waals surface area contributed by atoms with Crippen molar-refractivity contribution < 1.29 is 4.79 Å². The van der Waals surface area contributed by atoms with Gasteiger partial charge >= 0.3 is 0 Å². The minimum absolute atomic E-state index is 0.149. The second-order valence-electron chi connectivity index (χ2n) is 4.20. The highest BCUT2D eigenvalue weighted by Gasteiger charge is 2.10. The second kappa shape index (κ2) is 5.80. The van der Waals surface area contributed by atoms with Crippen molar-refractivity contribution in [2.75, 3.05) is 16.8 Å². The van der Waals surface area contributed by atoms with Crippen LogP contribution in [0.5, 0.6) is 0 Å². The van der Waals surface area contributed by atoms with Crippen LogP contribution in [0.1, 0.15) is 0 Å². The molecule has 4 N–H and O–H groups in total. The summed E-state index contributed by atoms with van der Waals surface area (Å²) in [6.07, 6.45) is 2.98. The Labute approximate surface area is 124 Å². The maximum absolute atomic E-state index is 12.0. The van der Waals surface area contributed by atoms with E-state index in [0.717, 1.165) is 5.52 Å². The van der Waals surface area contributed by atoms with Crippen molar-refractivity contribution in [1.29, 1.82) is 0 Å². The number of nitrogens with zero attached hydrogens (tertiary/aromatic N) is 3. The number of fused-ring (bicyclic) bond motifs is 1. The molecule has 0 saturated heterocycles. The highest BCUT2D eigenvalue weighted by molar-refractivity contribution is 8.00. The first-order valence-corrected chi connectivity index (χ1v) is 7.14. The molecule has 106 valence electrons. The molecule has 0 atom stereocenters. The number of H-pyrrole nitrogens is 1. The molecule has 0 radical (unpaired) electrons. The lowest BCUT2D eigenvalue weighted by Gasteiger charge is -2.07. The molecule has 0 aliphatic carbocycles. The summed E-state index contributed by atoms with van der Waals surface area (Å²) in [5.74, 6) is 0.0728. The highest BCUT2D eigenvalue weighted by atomic mass is 32.2. The predicted octanol–water partition coefficient (Wildman–Crippen LogP) is 1.67. The summed E-state index contributed by atoms with van der Waals surface area (Å²) in [6.45, 7) is 0. The van der Waals surface area contributed by atoms with E-state index in [2.05, 4.69) is 25.3 Å². The Bertz CT molecular complexity index is 787. The third-order valence-corrected chi connectivity index (χ3v) is 3.75. The standard InChI is InChI=1S/C13H12N6OS/c14-8-3-1-2-4-9(8)19-10(20)5-21-13-11-12(16-6-15-11)17-7-18-13/h1-4,6-7H,5,14H2,(H,19,20)(H,15,16,17,18). The van der Waals surface area contributed by atoms with Gasteiger partial charge in [0.2, 0.25) is 5.91 Å². The van der Waals surface area contributed by atoms with Crippen LogP contribution in [0.15, 0.2) is 41.9 Å². The number of aromatic nitrogens is 4. The largest absolute Gasteiger partial charge is 0.397 e. The van der Waals surface area contributed by atoms with Crippen molar-refractivity contribution in [2.24, 2.45) is 0 Å². The lowest BCUT2D eigenvalue weighted by molar-refractivity contribution is -0.113. The Balaban J connectivity index is 1.66. The fraction of sp³-hybridized carbons (Fsp3) is 0.0769. The van der Waals surface area contributed by atoms with E-state index in [1.165, 1.54) is 18.1 Å². The second-order valence-corrected chi connectivity index (χ2v) is 5.17. The average molecular weight is 300 g/mol. The van der Waals surface area contributed by atoms with Crippen LogP contribution in [-0.4, -0.2) is 31.6 Å². The van der Waals surface area contributed by atoms with Gasteiger partial charge in [0, 0.05) is 0 Å². The first-order valence-electron chi connectivity index (χ1n) is 6.15. The summed E-state index contributed by atoms with van der Waals surface area (Å²) in [5.41, 5.74) is 8.24. The number of anilines is 2. The molecular weight excluding hydrogens is 288 g/mol. The molecule has 7 nitrogen and oxygen atoms in total. The van der Waals surface area contributed by atoms with E-state index in [1.54, 1.807) is 18.5 Å². The molecule has 2 aromatic heterocycles. The van der Waals surface area contributed by atoms with Crippen LogP contribution in [0.2, 0.25) is 0 Å². The van der Waals surface area contributed by atoms with Crippen LogP contribution >= 0.6 is 11.8 Å². The van der Waals surface area contributed by atoms with Gasteiger partial charge in [0.25, 0.3) is 0 Å². The van der Waals surface area contributed by atoms with Crippen molar-refractivity contribution in [3.05, 3.63) is 36.9 Å². The molecule has 3 aromatic rings. The van der Waals surface area contributed by atoms with Gasteiger partial charge in [0.05, 0.1) is 23.5 Å². The van der Waals surface area contributed by atoms with Crippen molar-refractivity contribution >= 4 is 40.2 Å². The molecular formula is C13H12N6OS. The van der Waals surface area contributed by atoms with E-state index in [-0.39, 0.29) is 11.7 Å². The van der Waals surface area contributed by atoms with Crippen molar-refractivity contribution in [3.63, 3.8) is 0 Å². The molecule has 0 spiro atoms. The molecule has 0 aliphatic rings. The van der Waals surface area contributed by atoms with E-state index >= 15 is 0 Å². The summed E-state index contributed by atoms with van der Waals surface area (Å²) in [6, 6.07) is 7.13. The zero-order chi connectivity index (χ0) is 14.7. The number of rotatable bonds is 4. The zero-order valence-corrected chi connectivity index (χ0v) is 11.7. The number of carbonyl (C=O) groups excluding carboxylic acids is 1. The number of imidazole rings is 1. The Morgan fingerprint density at radius 1 is 1.29 bits per heavy atom. The third kappa shape index (κ3) is 2.95. The molecule has 8 heteroatoms. The lowest BCUT2D eigenvalue weighted by Crippen LogP contribution is -2.15. The zero-order valence-electron chi connectivity index (χ0n) is 10.9. The van der Waals surface area contributed by atoms with Crippen molar-refractivity contribution in [2.45, 2.75) is 5.03 Å². The smallest absolute Gasteiger partial charge is 0.234 e. The highest BCUT2D eigenvalue weighted by Crippen LogP contribution is 2.22. The Kier molecular flexibility index (Phi) is 3.69. The fourth-order valence-electron chi connectivity index (χ4n) is 1.78. The average Bonchev–Trinajstić information content (AvgIpc) is 2.96. The van der Waals surface area contributed by atoms with Gasteiger partial charge in [0.1, 0.15) is 16.9 Å². The normalized spacial score (nSPS) is 10.7. The first-order chi connectivity index (χ1) is 10.2. The molecule has 0 unspecified atom stereocenters. The maximum atomic E-state index is 12.0. The number of aromatic amines is 1. The molecule has 0 saturated carbocycles. The molecule has 2 heterocycles. The Hall–Kier alpha value is -2.61. The lowest BCUT2D eigenvalue weighted by atomic mass is 10.3. The van der Waals surface area contributed by atoms with Gasteiger partial charge in [-0.2, -0.15) is 0 Å². The number of nitrogen functional groups attached to an aromatic ring is 1. The van der Waals surface area contributed by atoms with Gasteiger partial charge in [0.15, 0.2) is 5.65 Å². The molecule has 1 aromatic carbocycles. The van der Waals surface area contributed by atoms with E-state index < -0.39 is 0 Å². The first kappa shape index (κ1) is 13.4. The van der Waals surface area contributed by atoms with Crippen molar-refractivity contribution in [3.8, 4) is 0 Å². The summed E-state index contributed by atoms with van der Waals surface area (Å²) in [5, 5.41) is 3.46. The number of para-hydroxylation sites is 2. The summed E-state index contributed by atoms with van der Waals surface area (Å²) < 4.78 is 0. The van der Waals surface area contributed by atoms with Crippen LogP contribution in [0.25, 0.3) is 11.2 Å². The number of benzene rings is 1. The van der Waals surface area contributed by atoms with Crippen LogP contribution in [-0.2, 0) is 4.79 Å². The van der Waals surface area contributed by atoms with Crippen LogP contribution in [0, 0.1) is 0 Å². The van der Waals surface area contributed by atoms with Gasteiger partial charge in [-0.05, 0) is 12.1 Å². The van der Waals surface area contributed by atoms with E-state index in [9.17, 15) is 4.79 Å². The molecule has 3 rings (SSSR count). The quantitative estimate of drug-likeness (QED) is 0.384. The monoisotopic (exact) mass is 300 g/mol. The minimum atomic E-state index is -0.149. The van der Waals surface area contributed by atoms with Crippen LogP contribution in [0.4, 0.5) is 11.4 Å². The number of nitrogens with two attached hydrogens (primary N) is 1. The van der Waals surface area contributed by atoms with E-state index in [1.807, 2.05) is 12.1 Å². The number of thioether (sulfide) groups is 1. The van der Waals surface area contributed by atoms with Crippen molar-refractivity contribution in [1.82, 2.24) is 19.9 Å². The molecule has 0 fully saturated rings. The number of amides is 1. The fourth-order valence-corrected chi connectivity index (χ4v) is 2.54. The Morgan fingerprint density at radius 2 is 2.14 bits per heavy atom. The molecule has 0 bridgehead atoms. The summed E-state index contributed by atoms with van der Waals surface area (Å²) >= 11 is 1.31. The van der Waals surface area contributed by atoms with Gasteiger partial charge in [-0.15, -0.1) is 0 Å². The molecule has 1 amide bonds. The summed E-state index contributed by atoms with van der Waals surface area (Å²) in [4.78, 5) is 27.1. The minimum Gasteiger partial charge on any atom is -0.397 e. The van der Waals surface area contributed by atoms with E-state index in [0.29, 0.717) is 22.0 Å². The third-order valence-electron chi connectivity index (χ3n) is 2.76.